The third-order valence-electron chi connectivity index (χ3n) is 6.17. The van der Waals surface area contributed by atoms with Gasteiger partial charge in [0.1, 0.15) is 11.6 Å². The molecule has 0 saturated heterocycles. The van der Waals surface area contributed by atoms with Crippen LogP contribution in [0.25, 0.3) is 0 Å². The summed E-state index contributed by atoms with van der Waals surface area (Å²) in [5.41, 5.74) is 4.20. The smallest absolute Gasteiger partial charge is 0.217 e. The van der Waals surface area contributed by atoms with Crippen molar-refractivity contribution in [3.8, 4) is 0 Å². The molecule has 5 nitrogen and oxygen atoms in total. The maximum Gasteiger partial charge on any atom is 0.217 e. The molecule has 7 heteroatoms. The number of nitrogens with zero attached hydrogens (tertiary/aromatic N) is 1. The average molecular weight is 474 g/mol. The molecule has 3 rings (SSSR count). The Morgan fingerprint density at radius 3 is 2.44 bits per heavy atom. The van der Waals surface area contributed by atoms with Gasteiger partial charge in [0.25, 0.3) is 0 Å². The predicted octanol–water partition coefficient (Wildman–Crippen LogP) is 4.13. The number of carbonyl (C=O) groups excluding carboxylic acids is 1. The summed E-state index contributed by atoms with van der Waals surface area (Å²) in [6, 6.07) is 9.24. The van der Waals surface area contributed by atoms with Crippen molar-refractivity contribution >= 4 is 11.6 Å². The van der Waals surface area contributed by atoms with Crippen LogP contribution in [-0.4, -0.2) is 43.3 Å². The van der Waals surface area contributed by atoms with Crippen LogP contribution in [0.15, 0.2) is 36.4 Å². The molecule has 34 heavy (non-hydrogen) atoms. The molecule has 2 aromatic carbocycles. The molecule has 0 bridgehead atoms. The Morgan fingerprint density at radius 2 is 1.82 bits per heavy atom. The van der Waals surface area contributed by atoms with Crippen molar-refractivity contribution in [2.45, 2.75) is 65.1 Å². The van der Waals surface area contributed by atoms with E-state index in [4.69, 9.17) is 0 Å². The fourth-order valence-electron chi connectivity index (χ4n) is 4.70. The topological polar surface area (TPSA) is 64.6 Å². The lowest BCUT2D eigenvalue weighted by Gasteiger charge is -2.35. The van der Waals surface area contributed by atoms with Crippen LogP contribution in [0.3, 0.4) is 0 Å². The highest BCUT2D eigenvalue weighted by Gasteiger charge is 2.27. The summed E-state index contributed by atoms with van der Waals surface area (Å²) in [6.07, 6.45) is 1.04. The Labute approximate surface area is 201 Å². The zero-order valence-electron chi connectivity index (χ0n) is 20.8. The molecular formula is C27H37F2N3O2. The average Bonchev–Trinajstić information content (AvgIpc) is 2.70. The van der Waals surface area contributed by atoms with Gasteiger partial charge in [0.05, 0.1) is 12.1 Å². The Hall–Kier alpha value is -2.51. The molecule has 1 aliphatic rings. The van der Waals surface area contributed by atoms with E-state index in [1.54, 1.807) is 0 Å². The van der Waals surface area contributed by atoms with Gasteiger partial charge >= 0.3 is 0 Å². The van der Waals surface area contributed by atoms with E-state index in [1.165, 1.54) is 35.9 Å². The number of anilines is 1. The van der Waals surface area contributed by atoms with Gasteiger partial charge in [-0.3, -0.25) is 4.79 Å². The summed E-state index contributed by atoms with van der Waals surface area (Å²) < 4.78 is 27.3. The number of benzene rings is 2. The molecule has 1 aliphatic heterocycles. The van der Waals surface area contributed by atoms with Gasteiger partial charge in [-0.1, -0.05) is 32.9 Å². The van der Waals surface area contributed by atoms with Gasteiger partial charge in [-0.05, 0) is 59.6 Å². The molecule has 0 spiro atoms. The number of aliphatic hydroxyl groups is 1. The summed E-state index contributed by atoms with van der Waals surface area (Å²) in [5.74, 6) is -1.67. The van der Waals surface area contributed by atoms with E-state index >= 15 is 0 Å². The zero-order valence-corrected chi connectivity index (χ0v) is 20.8. The van der Waals surface area contributed by atoms with Gasteiger partial charge in [0.2, 0.25) is 5.91 Å². The molecule has 186 valence electrons. The van der Waals surface area contributed by atoms with Crippen LogP contribution < -0.4 is 15.5 Å². The molecule has 1 heterocycles. The molecule has 3 atom stereocenters. The normalized spacial score (nSPS) is 17.8. The van der Waals surface area contributed by atoms with Crippen molar-refractivity contribution in [1.82, 2.24) is 10.6 Å². The van der Waals surface area contributed by atoms with E-state index < -0.39 is 23.8 Å². The van der Waals surface area contributed by atoms with Gasteiger partial charge < -0.3 is 20.6 Å². The van der Waals surface area contributed by atoms with Crippen molar-refractivity contribution in [3.05, 3.63) is 64.7 Å². The number of nitrogens with one attached hydrogen (secondary N) is 2. The number of amides is 1. The third-order valence-corrected chi connectivity index (χ3v) is 6.17. The maximum atomic E-state index is 13.6. The van der Waals surface area contributed by atoms with Gasteiger partial charge in [0, 0.05) is 44.9 Å². The minimum Gasteiger partial charge on any atom is -0.390 e. The summed E-state index contributed by atoms with van der Waals surface area (Å²) >= 11 is 0. The molecule has 0 saturated carbocycles. The number of carbonyl (C=O) groups is 1. The van der Waals surface area contributed by atoms with E-state index in [1.807, 2.05) is 0 Å². The lowest BCUT2D eigenvalue weighted by atomic mass is 9.86. The number of hydrogen-bond acceptors (Lipinski definition) is 4. The molecule has 0 fully saturated rings. The van der Waals surface area contributed by atoms with Gasteiger partial charge in [-0.15, -0.1) is 0 Å². The Morgan fingerprint density at radius 1 is 1.15 bits per heavy atom. The van der Waals surface area contributed by atoms with E-state index in [0.29, 0.717) is 5.56 Å². The molecule has 1 amide bonds. The number of rotatable bonds is 8. The largest absolute Gasteiger partial charge is 0.390 e. The van der Waals surface area contributed by atoms with Crippen molar-refractivity contribution in [2.75, 3.05) is 25.0 Å². The molecule has 0 radical (unpaired) electrons. The zero-order chi connectivity index (χ0) is 25.0. The van der Waals surface area contributed by atoms with E-state index in [2.05, 4.69) is 61.6 Å². The molecular weight excluding hydrogens is 436 g/mol. The SMILES string of the molecule is CC(=O)N[C@@H](Cc1cc(F)cc(F)c1)[C@H](O)CN[C@H]1CCN(C)c2ccc(CC(C)(C)C)cc21. The van der Waals surface area contributed by atoms with Crippen LogP contribution in [0.4, 0.5) is 14.5 Å². The van der Waals surface area contributed by atoms with Crippen LogP contribution in [0.5, 0.6) is 0 Å². The minimum absolute atomic E-state index is 0.0605. The van der Waals surface area contributed by atoms with Crippen LogP contribution in [-0.2, 0) is 17.6 Å². The first kappa shape index (κ1) is 26.1. The van der Waals surface area contributed by atoms with E-state index in [0.717, 1.165) is 25.5 Å². The predicted molar refractivity (Wildman–Crippen MR) is 132 cm³/mol. The Kier molecular flexibility index (Phi) is 8.31. The van der Waals surface area contributed by atoms with E-state index in [9.17, 15) is 18.7 Å². The molecule has 0 unspecified atom stereocenters. The first-order chi connectivity index (χ1) is 15.9. The standard InChI is InChI=1S/C27H37F2N3O2/c1-17(33)31-24(13-19-10-20(28)14-21(29)11-19)26(34)16-30-23-8-9-32(5)25-7-6-18(12-22(23)25)15-27(2,3)4/h6-7,10-12,14,23-24,26,30,34H,8-9,13,15-16H2,1-5H3,(H,31,33)/t23-,24-,26+/m0/s1. The fourth-order valence-corrected chi connectivity index (χ4v) is 4.70. The highest BCUT2D eigenvalue weighted by molar-refractivity contribution is 5.73. The quantitative estimate of drug-likeness (QED) is 0.539. The van der Waals surface area contributed by atoms with Crippen LogP contribution in [0, 0.1) is 17.0 Å². The number of fused-ring (bicyclic) bond motifs is 1. The molecule has 3 N–H and O–H groups in total. The summed E-state index contributed by atoms with van der Waals surface area (Å²) in [4.78, 5) is 14.0. The number of aliphatic hydroxyl groups excluding tert-OH is 1. The third kappa shape index (κ3) is 7.24. The van der Waals surface area contributed by atoms with Crippen LogP contribution in [0.1, 0.15) is 56.8 Å². The molecule has 0 aliphatic carbocycles. The van der Waals surface area contributed by atoms with Gasteiger partial charge in [-0.25, -0.2) is 8.78 Å². The van der Waals surface area contributed by atoms with Gasteiger partial charge in [0.15, 0.2) is 0 Å². The maximum absolute atomic E-state index is 13.6. The fraction of sp³-hybridized carbons (Fsp3) is 0.519. The highest BCUT2D eigenvalue weighted by atomic mass is 19.1. The summed E-state index contributed by atoms with van der Waals surface area (Å²) in [6.45, 7) is 9.15. The lowest BCUT2D eigenvalue weighted by Crippen LogP contribution is -2.49. The Balaban J connectivity index is 1.74. The Bertz CT molecular complexity index is 986. The second-order valence-corrected chi connectivity index (χ2v) is 10.7. The first-order valence-corrected chi connectivity index (χ1v) is 11.9. The highest BCUT2D eigenvalue weighted by Crippen LogP contribution is 2.35. The number of halogens is 2. The second-order valence-electron chi connectivity index (χ2n) is 10.7. The van der Waals surface area contributed by atoms with Crippen molar-refractivity contribution in [3.63, 3.8) is 0 Å². The molecule has 2 aromatic rings. The second kappa shape index (κ2) is 10.8. The molecule has 0 aromatic heterocycles. The first-order valence-electron chi connectivity index (χ1n) is 11.9. The lowest BCUT2D eigenvalue weighted by molar-refractivity contribution is -0.120. The summed E-state index contributed by atoms with van der Waals surface area (Å²) in [7, 11) is 2.08. The monoisotopic (exact) mass is 473 g/mol. The minimum atomic E-state index is -0.934. The van der Waals surface area contributed by atoms with Crippen LogP contribution >= 0.6 is 0 Å². The van der Waals surface area contributed by atoms with Crippen molar-refractivity contribution < 1.29 is 18.7 Å². The van der Waals surface area contributed by atoms with Crippen molar-refractivity contribution in [2.24, 2.45) is 5.41 Å². The van der Waals surface area contributed by atoms with Gasteiger partial charge in [-0.2, -0.15) is 0 Å². The van der Waals surface area contributed by atoms with E-state index in [-0.39, 0.29) is 30.3 Å². The summed E-state index contributed by atoms with van der Waals surface area (Å²) in [5, 5.41) is 17.1. The number of hydrogen-bond donors (Lipinski definition) is 3. The van der Waals surface area contributed by atoms with Crippen LogP contribution in [0.2, 0.25) is 0 Å². The van der Waals surface area contributed by atoms with Crippen molar-refractivity contribution in [1.29, 1.82) is 0 Å².